The zero-order chi connectivity index (χ0) is 24.3. The Bertz CT molecular complexity index is 1380. The molecule has 3 aromatic heterocycles. The molecule has 0 aliphatic carbocycles. The van der Waals surface area contributed by atoms with Crippen LogP contribution in [-0.4, -0.2) is 43.5 Å². The van der Waals surface area contributed by atoms with Crippen molar-refractivity contribution in [2.45, 2.75) is 6.18 Å². The number of aromatic carboxylic acids is 1. The summed E-state index contributed by atoms with van der Waals surface area (Å²) in [6.45, 7) is 0.758. The highest BCUT2D eigenvalue weighted by molar-refractivity contribution is 5.86. The van der Waals surface area contributed by atoms with E-state index in [4.69, 9.17) is 5.26 Å². The van der Waals surface area contributed by atoms with E-state index < -0.39 is 17.7 Å². The molecular formula is C22H16F3N7O2. The molecule has 9 nitrogen and oxygen atoms in total. The molecule has 4 rings (SSSR count). The maximum absolute atomic E-state index is 12.9. The normalized spacial score (nSPS) is 11.2. The van der Waals surface area contributed by atoms with Crippen LogP contribution < -0.4 is 10.6 Å². The fourth-order valence-electron chi connectivity index (χ4n) is 3.12. The Morgan fingerprint density at radius 2 is 1.82 bits per heavy atom. The van der Waals surface area contributed by atoms with Crippen LogP contribution in [0.15, 0.2) is 54.9 Å². The number of alkyl halides is 3. The van der Waals surface area contributed by atoms with Crippen molar-refractivity contribution < 1.29 is 23.1 Å². The monoisotopic (exact) mass is 467 g/mol. The highest BCUT2D eigenvalue weighted by Gasteiger charge is 2.30. The van der Waals surface area contributed by atoms with Crippen molar-refractivity contribution in [3.8, 4) is 17.3 Å². The van der Waals surface area contributed by atoms with Gasteiger partial charge in [-0.15, -0.1) is 0 Å². The van der Waals surface area contributed by atoms with Gasteiger partial charge in [0.25, 0.3) is 0 Å². The maximum atomic E-state index is 12.9. The van der Waals surface area contributed by atoms with Gasteiger partial charge in [-0.2, -0.15) is 18.4 Å². The van der Waals surface area contributed by atoms with E-state index in [1.807, 2.05) is 6.07 Å². The van der Waals surface area contributed by atoms with Crippen molar-refractivity contribution in [1.29, 1.82) is 5.26 Å². The first-order chi connectivity index (χ1) is 16.2. The first kappa shape index (κ1) is 22.5. The Morgan fingerprint density at radius 3 is 2.44 bits per heavy atom. The number of nitrogens with one attached hydrogen (secondary N) is 2. The van der Waals surface area contributed by atoms with Crippen molar-refractivity contribution in [3.63, 3.8) is 0 Å². The van der Waals surface area contributed by atoms with Crippen LogP contribution in [0, 0.1) is 11.3 Å². The van der Waals surface area contributed by atoms with E-state index >= 15 is 0 Å². The fraction of sp³-hybridized carbons (Fsp3) is 0.136. The van der Waals surface area contributed by atoms with E-state index in [2.05, 4.69) is 25.6 Å². The predicted molar refractivity (Wildman–Crippen MR) is 116 cm³/mol. The number of nitriles is 1. The number of hydrogen-bond acceptors (Lipinski definition) is 7. The standard InChI is InChI=1S/C22H16F3N7O2/c23-22(24,25)15-4-2-14(3-5-15)16-9-19-30-17(20(33)34)12-32(19)21(31-16)28-8-7-27-18-6-1-13(10-26)11-29-18/h1-6,9,11-12H,7-8H2,(H,27,29)(H,28,31)(H,33,34). The van der Waals surface area contributed by atoms with Gasteiger partial charge in [-0.05, 0) is 24.3 Å². The second-order valence-corrected chi connectivity index (χ2v) is 7.10. The molecule has 0 fully saturated rings. The lowest BCUT2D eigenvalue weighted by Crippen LogP contribution is -2.17. The molecule has 4 aromatic rings. The van der Waals surface area contributed by atoms with Crippen LogP contribution in [0.4, 0.5) is 24.9 Å². The van der Waals surface area contributed by atoms with Crippen LogP contribution in [0.1, 0.15) is 21.6 Å². The van der Waals surface area contributed by atoms with Gasteiger partial charge in [0, 0.05) is 37.1 Å². The van der Waals surface area contributed by atoms with Gasteiger partial charge in [0.2, 0.25) is 5.95 Å². The lowest BCUT2D eigenvalue weighted by atomic mass is 10.1. The van der Waals surface area contributed by atoms with E-state index in [9.17, 15) is 23.1 Å². The number of carboxylic acid groups (broad SMARTS) is 1. The van der Waals surface area contributed by atoms with Crippen LogP contribution in [0.2, 0.25) is 0 Å². The number of carbonyl (C=O) groups is 1. The van der Waals surface area contributed by atoms with Gasteiger partial charge in [0.1, 0.15) is 17.5 Å². The van der Waals surface area contributed by atoms with Gasteiger partial charge < -0.3 is 15.7 Å². The number of carboxylic acids is 1. The number of pyridine rings is 1. The molecule has 34 heavy (non-hydrogen) atoms. The molecule has 1 aromatic carbocycles. The molecular weight excluding hydrogens is 451 g/mol. The molecule has 0 aliphatic rings. The number of aromatic nitrogens is 4. The number of hydrogen-bond donors (Lipinski definition) is 3. The highest BCUT2D eigenvalue weighted by Crippen LogP contribution is 2.31. The van der Waals surface area contributed by atoms with Gasteiger partial charge in [0.05, 0.1) is 16.8 Å². The van der Waals surface area contributed by atoms with E-state index in [0.29, 0.717) is 35.7 Å². The summed E-state index contributed by atoms with van der Waals surface area (Å²) in [7, 11) is 0. The minimum atomic E-state index is -4.46. The van der Waals surface area contributed by atoms with E-state index in [0.717, 1.165) is 12.1 Å². The summed E-state index contributed by atoms with van der Waals surface area (Å²) in [6, 6.07) is 11.3. The summed E-state index contributed by atoms with van der Waals surface area (Å²) >= 11 is 0. The van der Waals surface area contributed by atoms with Crippen LogP contribution in [0.3, 0.4) is 0 Å². The molecule has 0 unspecified atom stereocenters. The van der Waals surface area contributed by atoms with Crippen molar-refractivity contribution in [3.05, 3.63) is 71.7 Å². The lowest BCUT2D eigenvalue weighted by molar-refractivity contribution is -0.137. The summed E-state index contributed by atoms with van der Waals surface area (Å²) in [6.07, 6.45) is -1.72. The summed E-state index contributed by atoms with van der Waals surface area (Å²) in [5.74, 6) is -0.394. The first-order valence-corrected chi connectivity index (χ1v) is 9.89. The Hall–Kier alpha value is -4.66. The Kier molecular flexibility index (Phi) is 6.01. The molecule has 12 heteroatoms. The number of anilines is 2. The van der Waals surface area contributed by atoms with Gasteiger partial charge in [-0.3, -0.25) is 4.40 Å². The zero-order valence-corrected chi connectivity index (χ0v) is 17.3. The summed E-state index contributed by atoms with van der Waals surface area (Å²) < 4.78 is 40.1. The highest BCUT2D eigenvalue weighted by atomic mass is 19.4. The number of fused-ring (bicyclic) bond motifs is 1. The van der Waals surface area contributed by atoms with E-state index in [-0.39, 0.29) is 17.3 Å². The number of nitrogens with zero attached hydrogens (tertiary/aromatic N) is 5. The van der Waals surface area contributed by atoms with Crippen molar-refractivity contribution in [1.82, 2.24) is 19.4 Å². The largest absolute Gasteiger partial charge is 0.476 e. The zero-order valence-electron chi connectivity index (χ0n) is 17.3. The molecule has 3 N–H and O–H groups in total. The Labute approximate surface area is 190 Å². The van der Waals surface area contributed by atoms with Gasteiger partial charge in [0.15, 0.2) is 5.69 Å². The average molecular weight is 467 g/mol. The maximum Gasteiger partial charge on any atom is 0.416 e. The SMILES string of the molecule is N#Cc1ccc(NCCNc2nc(-c3ccc(C(F)(F)F)cc3)cc3nc(C(=O)O)cn23)nc1. The average Bonchev–Trinajstić information content (AvgIpc) is 3.26. The van der Waals surface area contributed by atoms with Crippen LogP contribution in [-0.2, 0) is 6.18 Å². The molecule has 0 atom stereocenters. The summed E-state index contributed by atoms with van der Waals surface area (Å²) in [5, 5.41) is 24.3. The van der Waals surface area contributed by atoms with Crippen LogP contribution in [0.5, 0.6) is 0 Å². The molecule has 3 heterocycles. The van der Waals surface area contributed by atoms with E-state index in [1.165, 1.54) is 35.0 Å². The quantitative estimate of drug-likeness (QED) is 0.349. The predicted octanol–water partition coefficient (Wildman–Crippen LogP) is 3.90. The second kappa shape index (κ2) is 9.07. The molecule has 0 bridgehead atoms. The third-order valence-corrected chi connectivity index (χ3v) is 4.79. The van der Waals surface area contributed by atoms with Crippen LogP contribution in [0.25, 0.3) is 16.9 Å². The molecule has 0 spiro atoms. The summed E-state index contributed by atoms with van der Waals surface area (Å²) in [4.78, 5) is 24.0. The number of halogens is 3. The topological polar surface area (TPSA) is 128 Å². The first-order valence-electron chi connectivity index (χ1n) is 9.89. The number of imidazole rings is 1. The number of rotatable bonds is 7. The molecule has 0 saturated carbocycles. The minimum absolute atomic E-state index is 0.200. The molecule has 0 amide bonds. The molecule has 0 aliphatic heterocycles. The third kappa shape index (κ3) is 4.88. The number of benzene rings is 1. The van der Waals surface area contributed by atoms with Crippen molar-refractivity contribution in [2.75, 3.05) is 23.7 Å². The third-order valence-electron chi connectivity index (χ3n) is 4.79. The Morgan fingerprint density at radius 1 is 1.09 bits per heavy atom. The van der Waals surface area contributed by atoms with Gasteiger partial charge >= 0.3 is 12.1 Å². The fourth-order valence-corrected chi connectivity index (χ4v) is 3.12. The smallest absolute Gasteiger partial charge is 0.416 e. The lowest BCUT2D eigenvalue weighted by Gasteiger charge is -2.12. The Balaban J connectivity index is 1.57. The second-order valence-electron chi connectivity index (χ2n) is 7.10. The van der Waals surface area contributed by atoms with Crippen molar-refractivity contribution >= 4 is 23.4 Å². The van der Waals surface area contributed by atoms with Crippen LogP contribution >= 0.6 is 0 Å². The minimum Gasteiger partial charge on any atom is -0.476 e. The summed E-state index contributed by atoms with van der Waals surface area (Å²) in [5.41, 5.74) is 0.462. The molecule has 0 radical (unpaired) electrons. The molecule has 172 valence electrons. The van der Waals surface area contributed by atoms with Crippen molar-refractivity contribution in [2.24, 2.45) is 0 Å². The van der Waals surface area contributed by atoms with E-state index in [1.54, 1.807) is 12.1 Å². The van der Waals surface area contributed by atoms with Gasteiger partial charge in [-0.25, -0.2) is 19.7 Å². The van der Waals surface area contributed by atoms with Gasteiger partial charge in [-0.1, -0.05) is 12.1 Å². The molecule has 0 saturated heterocycles.